The molecule has 0 radical (unpaired) electrons. The molecule has 1 aliphatic rings. The number of likely N-dealkylation sites (N-methyl/N-ethyl adjacent to an activating group) is 1. The predicted octanol–water partition coefficient (Wildman–Crippen LogP) is 2.02. The molecule has 0 saturated carbocycles. The molecular formula is C16H26FN3. The van der Waals surface area contributed by atoms with E-state index in [1.807, 2.05) is 13.0 Å². The largest absolute Gasteiger partial charge is 0.329 e. The molecule has 112 valence electrons. The zero-order valence-electron chi connectivity index (χ0n) is 12.9. The first-order valence-corrected chi connectivity index (χ1v) is 7.30. The zero-order chi connectivity index (χ0) is 14.9. The summed E-state index contributed by atoms with van der Waals surface area (Å²) in [5, 5.41) is 0. The molecule has 1 saturated heterocycles. The lowest BCUT2D eigenvalue weighted by Gasteiger charge is -2.29. The Hall–Kier alpha value is -0.970. The fourth-order valence-corrected chi connectivity index (χ4v) is 3.36. The number of likely N-dealkylation sites (tertiary alicyclic amines) is 1. The quantitative estimate of drug-likeness (QED) is 0.915. The summed E-state index contributed by atoms with van der Waals surface area (Å²) in [6.07, 6.45) is 0. The van der Waals surface area contributed by atoms with Crippen molar-refractivity contribution in [3.8, 4) is 0 Å². The number of nitrogens with two attached hydrogens (primary N) is 1. The van der Waals surface area contributed by atoms with Crippen LogP contribution in [-0.4, -0.2) is 49.6 Å². The zero-order valence-corrected chi connectivity index (χ0v) is 12.9. The highest BCUT2D eigenvalue weighted by Gasteiger charge is 2.35. The standard InChI is InChI=1S/C16H26FN3/c1-11-5-6-13(17)7-14(11)15(8-18)20-9-12(2)16(10-20)19(3)4/h5-7,12,15-16H,8-10,18H2,1-4H3. The minimum absolute atomic E-state index is 0.109. The molecule has 1 aliphatic heterocycles. The van der Waals surface area contributed by atoms with Gasteiger partial charge < -0.3 is 10.6 Å². The predicted molar refractivity (Wildman–Crippen MR) is 81.1 cm³/mol. The molecule has 0 amide bonds. The smallest absolute Gasteiger partial charge is 0.123 e. The summed E-state index contributed by atoms with van der Waals surface area (Å²) in [6.45, 7) is 6.83. The lowest BCUT2D eigenvalue weighted by Crippen LogP contribution is -2.37. The summed E-state index contributed by atoms with van der Waals surface area (Å²) < 4.78 is 13.5. The Kier molecular flexibility index (Phi) is 4.78. The highest BCUT2D eigenvalue weighted by atomic mass is 19.1. The Morgan fingerprint density at radius 1 is 1.40 bits per heavy atom. The molecule has 1 aromatic carbocycles. The summed E-state index contributed by atoms with van der Waals surface area (Å²) in [5.41, 5.74) is 8.13. The van der Waals surface area contributed by atoms with Gasteiger partial charge in [0, 0.05) is 31.7 Å². The molecule has 20 heavy (non-hydrogen) atoms. The second-order valence-corrected chi connectivity index (χ2v) is 6.21. The number of nitrogens with zero attached hydrogens (tertiary/aromatic N) is 2. The monoisotopic (exact) mass is 279 g/mol. The lowest BCUT2D eigenvalue weighted by molar-refractivity contribution is 0.219. The average molecular weight is 279 g/mol. The van der Waals surface area contributed by atoms with Gasteiger partial charge in [0.15, 0.2) is 0 Å². The molecule has 0 bridgehead atoms. The van der Waals surface area contributed by atoms with Crippen LogP contribution >= 0.6 is 0 Å². The van der Waals surface area contributed by atoms with Gasteiger partial charge in [-0.1, -0.05) is 13.0 Å². The molecule has 4 heteroatoms. The van der Waals surface area contributed by atoms with Crippen LogP contribution in [0.1, 0.15) is 24.1 Å². The van der Waals surface area contributed by atoms with E-state index in [9.17, 15) is 4.39 Å². The van der Waals surface area contributed by atoms with Crippen LogP contribution < -0.4 is 5.73 Å². The molecule has 0 spiro atoms. The topological polar surface area (TPSA) is 32.5 Å². The van der Waals surface area contributed by atoms with Crippen LogP contribution in [0, 0.1) is 18.7 Å². The van der Waals surface area contributed by atoms with Gasteiger partial charge in [0.2, 0.25) is 0 Å². The third-order valence-corrected chi connectivity index (χ3v) is 4.53. The van der Waals surface area contributed by atoms with E-state index >= 15 is 0 Å². The van der Waals surface area contributed by atoms with Gasteiger partial charge in [0.05, 0.1) is 0 Å². The van der Waals surface area contributed by atoms with Crippen LogP contribution in [0.15, 0.2) is 18.2 Å². The minimum atomic E-state index is -0.180. The maximum Gasteiger partial charge on any atom is 0.123 e. The molecule has 3 unspecified atom stereocenters. The van der Waals surface area contributed by atoms with E-state index in [0.29, 0.717) is 18.5 Å². The maximum absolute atomic E-state index is 13.5. The Labute approximate surface area is 121 Å². The van der Waals surface area contributed by atoms with Gasteiger partial charge in [0.1, 0.15) is 5.82 Å². The molecule has 1 heterocycles. The number of hydrogen-bond acceptors (Lipinski definition) is 3. The van der Waals surface area contributed by atoms with Crippen LogP contribution in [0.3, 0.4) is 0 Å². The van der Waals surface area contributed by atoms with Gasteiger partial charge in [-0.3, -0.25) is 4.90 Å². The molecular weight excluding hydrogens is 253 g/mol. The van der Waals surface area contributed by atoms with Crippen LogP contribution in [0.2, 0.25) is 0 Å². The number of rotatable bonds is 4. The van der Waals surface area contributed by atoms with Crippen molar-refractivity contribution in [1.29, 1.82) is 0 Å². The van der Waals surface area contributed by atoms with Gasteiger partial charge in [-0.25, -0.2) is 4.39 Å². The van der Waals surface area contributed by atoms with Crippen molar-refractivity contribution in [3.63, 3.8) is 0 Å². The number of benzene rings is 1. The first-order valence-electron chi connectivity index (χ1n) is 7.30. The summed E-state index contributed by atoms with van der Waals surface area (Å²) in [4.78, 5) is 4.67. The summed E-state index contributed by atoms with van der Waals surface area (Å²) in [7, 11) is 4.24. The molecule has 2 rings (SSSR count). The third-order valence-electron chi connectivity index (χ3n) is 4.53. The molecule has 0 aliphatic carbocycles. The number of hydrogen-bond donors (Lipinski definition) is 1. The highest BCUT2D eigenvalue weighted by molar-refractivity contribution is 5.30. The summed E-state index contributed by atoms with van der Waals surface area (Å²) >= 11 is 0. The van der Waals surface area contributed by atoms with Gasteiger partial charge in [-0.15, -0.1) is 0 Å². The summed E-state index contributed by atoms with van der Waals surface area (Å²) in [6, 6.07) is 5.65. The minimum Gasteiger partial charge on any atom is -0.329 e. The Balaban J connectivity index is 2.23. The van der Waals surface area contributed by atoms with E-state index < -0.39 is 0 Å². The second-order valence-electron chi connectivity index (χ2n) is 6.21. The van der Waals surface area contributed by atoms with Gasteiger partial charge in [-0.2, -0.15) is 0 Å². The van der Waals surface area contributed by atoms with Crippen LogP contribution in [0.5, 0.6) is 0 Å². The summed E-state index contributed by atoms with van der Waals surface area (Å²) in [5.74, 6) is 0.424. The van der Waals surface area contributed by atoms with Gasteiger partial charge in [0.25, 0.3) is 0 Å². The molecule has 3 atom stereocenters. The van der Waals surface area contributed by atoms with E-state index in [4.69, 9.17) is 5.73 Å². The first-order chi connectivity index (χ1) is 9.43. The fraction of sp³-hybridized carbons (Fsp3) is 0.625. The van der Waals surface area contributed by atoms with Crippen molar-refractivity contribution < 1.29 is 4.39 Å². The number of halogens is 1. The van der Waals surface area contributed by atoms with E-state index in [-0.39, 0.29) is 11.9 Å². The van der Waals surface area contributed by atoms with Crippen LogP contribution in [-0.2, 0) is 0 Å². The fourth-order valence-electron chi connectivity index (χ4n) is 3.36. The highest BCUT2D eigenvalue weighted by Crippen LogP contribution is 2.30. The van der Waals surface area contributed by atoms with E-state index in [2.05, 4.69) is 30.8 Å². The van der Waals surface area contributed by atoms with Crippen molar-refractivity contribution in [3.05, 3.63) is 35.1 Å². The SMILES string of the molecule is Cc1ccc(F)cc1C(CN)N1CC(C)C(N(C)C)C1. The molecule has 2 N–H and O–H groups in total. The Bertz CT molecular complexity index is 461. The van der Waals surface area contributed by atoms with Crippen molar-refractivity contribution in [2.45, 2.75) is 25.9 Å². The van der Waals surface area contributed by atoms with Crippen molar-refractivity contribution in [2.75, 3.05) is 33.7 Å². The molecule has 1 aromatic rings. The van der Waals surface area contributed by atoms with E-state index in [1.54, 1.807) is 6.07 Å². The van der Waals surface area contributed by atoms with Gasteiger partial charge in [-0.05, 0) is 50.2 Å². The first kappa shape index (κ1) is 15.4. The van der Waals surface area contributed by atoms with Crippen molar-refractivity contribution >= 4 is 0 Å². The van der Waals surface area contributed by atoms with Gasteiger partial charge >= 0.3 is 0 Å². The van der Waals surface area contributed by atoms with Crippen LogP contribution in [0.25, 0.3) is 0 Å². The Morgan fingerprint density at radius 3 is 2.65 bits per heavy atom. The molecule has 1 fully saturated rings. The van der Waals surface area contributed by atoms with Crippen molar-refractivity contribution in [1.82, 2.24) is 9.80 Å². The Morgan fingerprint density at radius 2 is 2.10 bits per heavy atom. The lowest BCUT2D eigenvalue weighted by atomic mass is 10.00. The van der Waals surface area contributed by atoms with Crippen molar-refractivity contribution in [2.24, 2.45) is 11.7 Å². The third kappa shape index (κ3) is 3.03. The molecule has 3 nitrogen and oxygen atoms in total. The maximum atomic E-state index is 13.5. The van der Waals surface area contributed by atoms with E-state index in [0.717, 1.165) is 24.2 Å². The average Bonchev–Trinajstić information content (AvgIpc) is 2.76. The van der Waals surface area contributed by atoms with Crippen LogP contribution in [0.4, 0.5) is 4.39 Å². The normalized spacial score (nSPS) is 25.4. The number of aryl methyl sites for hydroxylation is 1. The molecule has 0 aromatic heterocycles. The second kappa shape index (κ2) is 6.20. The van der Waals surface area contributed by atoms with E-state index in [1.165, 1.54) is 6.07 Å².